The Morgan fingerprint density at radius 3 is 1.24 bits per heavy atom. The minimum atomic E-state index is -0.836. The van der Waals surface area contributed by atoms with Gasteiger partial charge in [0.25, 0.3) is 0 Å². The molecule has 0 heterocycles. The molecule has 2 aliphatic rings. The smallest absolute Gasteiger partial charge is 0.0984 e. The molecule has 0 fully saturated rings. The van der Waals surface area contributed by atoms with E-state index in [1.54, 1.807) is 0 Å². The molecule has 0 N–H and O–H groups in total. The lowest BCUT2D eigenvalue weighted by atomic mass is 9.61. The third kappa shape index (κ3) is 3.73. The Morgan fingerprint density at radius 1 is 0.444 bits per heavy atom. The molecule has 2 atom stereocenters. The molecule has 2 unspecified atom stereocenters. The van der Waals surface area contributed by atoms with E-state index in [0.717, 1.165) is 22.3 Å². The summed E-state index contributed by atoms with van der Waals surface area (Å²) in [6.07, 6.45) is 4.59. The number of halogens is 2. The van der Waals surface area contributed by atoms with Gasteiger partial charge in [0.15, 0.2) is 0 Å². The van der Waals surface area contributed by atoms with Crippen molar-refractivity contribution in [2.45, 2.75) is 37.4 Å². The van der Waals surface area contributed by atoms with Crippen LogP contribution in [-0.4, -0.2) is 0 Å². The normalized spacial score (nSPS) is 20.7. The van der Waals surface area contributed by atoms with Gasteiger partial charge in [0.05, 0.1) is 9.75 Å². The SMILES string of the molecule is CC1=Cc2c(-c3cccc4ccccc34)cccc2C1(Cl)C(C)(C)C1(Cl)C(C)=Cc2c(-c3cccc4ccccc34)cccc21. The highest BCUT2D eigenvalue weighted by Gasteiger charge is 2.62. The largest absolute Gasteiger partial charge is 0.108 e. The Morgan fingerprint density at radius 2 is 0.800 bits per heavy atom. The third-order valence-electron chi connectivity index (χ3n) is 10.6. The van der Waals surface area contributed by atoms with Crippen molar-refractivity contribution in [1.82, 2.24) is 0 Å². The summed E-state index contributed by atoms with van der Waals surface area (Å²) >= 11 is 16.2. The fourth-order valence-corrected chi connectivity index (χ4v) is 9.16. The maximum Gasteiger partial charge on any atom is 0.0984 e. The van der Waals surface area contributed by atoms with Gasteiger partial charge < -0.3 is 0 Å². The van der Waals surface area contributed by atoms with Crippen molar-refractivity contribution >= 4 is 56.9 Å². The van der Waals surface area contributed by atoms with Crippen LogP contribution in [-0.2, 0) is 9.75 Å². The van der Waals surface area contributed by atoms with Crippen molar-refractivity contribution in [3.05, 3.63) is 155 Å². The van der Waals surface area contributed by atoms with Gasteiger partial charge in [-0.1, -0.05) is 147 Å². The lowest BCUT2D eigenvalue weighted by Gasteiger charge is -2.51. The summed E-state index contributed by atoms with van der Waals surface area (Å²) in [5.41, 5.74) is 11.0. The molecule has 6 aromatic carbocycles. The van der Waals surface area contributed by atoms with Crippen LogP contribution in [0.1, 0.15) is 49.9 Å². The number of alkyl halides is 2. The Labute approximate surface area is 275 Å². The van der Waals surface area contributed by atoms with Crippen LogP contribution in [0.2, 0.25) is 0 Å². The average molecular weight is 622 g/mol. The second-order valence-corrected chi connectivity index (χ2v) is 14.3. The molecule has 0 bridgehead atoms. The first kappa shape index (κ1) is 28.4. The molecule has 2 heteroatoms. The van der Waals surface area contributed by atoms with E-state index in [4.69, 9.17) is 23.2 Å². The summed E-state index contributed by atoms with van der Waals surface area (Å²) in [6.45, 7) is 8.84. The zero-order valence-corrected chi connectivity index (χ0v) is 27.5. The van der Waals surface area contributed by atoms with E-state index in [9.17, 15) is 0 Å². The van der Waals surface area contributed by atoms with E-state index in [1.807, 2.05) is 0 Å². The fourth-order valence-electron chi connectivity index (χ4n) is 8.39. The van der Waals surface area contributed by atoms with Gasteiger partial charge in [-0.05, 0) is 91.0 Å². The highest BCUT2D eigenvalue weighted by atomic mass is 35.5. The van der Waals surface area contributed by atoms with E-state index < -0.39 is 15.2 Å². The van der Waals surface area contributed by atoms with E-state index in [1.165, 1.54) is 54.9 Å². The fraction of sp³-hybridized carbons (Fsp3) is 0.163. The summed E-state index contributed by atoms with van der Waals surface area (Å²) in [4.78, 5) is -1.67. The van der Waals surface area contributed by atoms with Gasteiger partial charge in [0.1, 0.15) is 0 Å². The Balaban J connectivity index is 1.31. The molecule has 2 aliphatic carbocycles. The quantitative estimate of drug-likeness (QED) is 0.172. The van der Waals surface area contributed by atoms with Crippen LogP contribution in [0, 0.1) is 5.41 Å². The van der Waals surface area contributed by atoms with Gasteiger partial charge >= 0.3 is 0 Å². The number of allylic oxidation sites excluding steroid dienone is 2. The highest BCUT2D eigenvalue weighted by molar-refractivity contribution is 6.32. The summed E-state index contributed by atoms with van der Waals surface area (Å²) in [6, 6.07) is 43.4. The molecule has 0 aromatic heterocycles. The van der Waals surface area contributed by atoms with E-state index in [0.29, 0.717) is 0 Å². The van der Waals surface area contributed by atoms with Crippen molar-refractivity contribution in [2.75, 3.05) is 0 Å². The maximum absolute atomic E-state index is 8.08. The molecule has 220 valence electrons. The predicted octanol–water partition coefficient (Wildman–Crippen LogP) is 12.8. The molecular formula is C43H34Cl2. The first-order valence-corrected chi connectivity index (χ1v) is 16.4. The number of fused-ring (bicyclic) bond motifs is 4. The molecular weight excluding hydrogens is 587 g/mol. The van der Waals surface area contributed by atoms with Gasteiger partial charge in [-0.15, -0.1) is 23.2 Å². The number of hydrogen-bond acceptors (Lipinski definition) is 0. The average Bonchev–Trinajstić information content (AvgIpc) is 3.50. The van der Waals surface area contributed by atoms with Crippen molar-refractivity contribution in [1.29, 1.82) is 0 Å². The van der Waals surface area contributed by atoms with Gasteiger partial charge in [-0.2, -0.15) is 0 Å². The highest BCUT2D eigenvalue weighted by Crippen LogP contribution is 2.68. The van der Waals surface area contributed by atoms with Crippen LogP contribution >= 0.6 is 23.2 Å². The second-order valence-electron chi connectivity index (χ2n) is 13.2. The first-order valence-electron chi connectivity index (χ1n) is 15.7. The van der Waals surface area contributed by atoms with Crippen molar-refractivity contribution in [3.63, 3.8) is 0 Å². The van der Waals surface area contributed by atoms with Gasteiger partial charge in [-0.3, -0.25) is 0 Å². The topological polar surface area (TPSA) is 0 Å². The molecule has 0 spiro atoms. The van der Waals surface area contributed by atoms with Crippen molar-refractivity contribution in [2.24, 2.45) is 5.41 Å². The molecule has 0 aliphatic heterocycles. The molecule has 0 saturated carbocycles. The molecule has 0 radical (unpaired) electrons. The monoisotopic (exact) mass is 620 g/mol. The van der Waals surface area contributed by atoms with Crippen LogP contribution in [0.5, 0.6) is 0 Å². The molecule has 0 saturated heterocycles. The first-order chi connectivity index (χ1) is 21.7. The maximum atomic E-state index is 8.08. The molecule has 8 rings (SSSR count). The van der Waals surface area contributed by atoms with E-state index in [2.05, 4.69) is 161 Å². The van der Waals surface area contributed by atoms with Crippen LogP contribution in [0.3, 0.4) is 0 Å². The molecule has 0 amide bonds. The molecule has 0 nitrogen and oxygen atoms in total. The molecule has 45 heavy (non-hydrogen) atoms. The number of benzene rings is 6. The Bertz CT molecular complexity index is 2080. The van der Waals surface area contributed by atoms with Crippen LogP contribution in [0.15, 0.2) is 132 Å². The zero-order valence-electron chi connectivity index (χ0n) is 26.0. The minimum absolute atomic E-state index is 0.616. The third-order valence-corrected chi connectivity index (χ3v) is 12.6. The van der Waals surface area contributed by atoms with Crippen LogP contribution < -0.4 is 0 Å². The summed E-state index contributed by atoms with van der Waals surface area (Å²) < 4.78 is 0. The van der Waals surface area contributed by atoms with Crippen LogP contribution in [0.4, 0.5) is 0 Å². The second kappa shape index (κ2) is 9.95. The van der Waals surface area contributed by atoms with Crippen molar-refractivity contribution < 1.29 is 0 Å². The summed E-state index contributed by atoms with van der Waals surface area (Å²) in [5.74, 6) is 0. The molecule has 6 aromatic rings. The predicted molar refractivity (Wildman–Crippen MR) is 195 cm³/mol. The zero-order chi connectivity index (χ0) is 31.1. The number of hydrogen-bond donors (Lipinski definition) is 0. The Hall–Kier alpha value is -4.10. The van der Waals surface area contributed by atoms with E-state index >= 15 is 0 Å². The van der Waals surface area contributed by atoms with Gasteiger partial charge in [-0.25, -0.2) is 0 Å². The van der Waals surface area contributed by atoms with Gasteiger partial charge in [0, 0.05) is 5.41 Å². The Kier molecular flexibility index (Phi) is 6.27. The van der Waals surface area contributed by atoms with Crippen LogP contribution in [0.25, 0.3) is 56.0 Å². The van der Waals surface area contributed by atoms with Gasteiger partial charge in [0.2, 0.25) is 0 Å². The summed E-state index contributed by atoms with van der Waals surface area (Å²) in [7, 11) is 0. The lowest BCUT2D eigenvalue weighted by molar-refractivity contribution is 0.212. The van der Waals surface area contributed by atoms with E-state index in [-0.39, 0.29) is 0 Å². The minimum Gasteiger partial charge on any atom is -0.108 e. The number of rotatable bonds is 4. The lowest BCUT2D eigenvalue weighted by Crippen LogP contribution is -2.49. The summed E-state index contributed by atoms with van der Waals surface area (Å²) in [5, 5.41) is 4.94. The van der Waals surface area contributed by atoms with Crippen molar-refractivity contribution in [3.8, 4) is 22.3 Å². The standard InChI is InChI=1S/C43H34Cl2/c1-27-25-37-35(33-19-9-15-29-13-5-7-17-31(29)33)21-11-23-39(37)42(27,44)41(3,4)43(45)28(2)26-38-36(22-12-24-40(38)43)34-20-10-16-30-14-6-8-18-32(30)34/h5-26H,1-4H3.